The minimum atomic E-state index is 0.749. The van der Waals surface area contributed by atoms with Gasteiger partial charge in [-0.2, -0.15) is 11.8 Å². The van der Waals surface area contributed by atoms with Crippen molar-refractivity contribution in [3.63, 3.8) is 0 Å². The summed E-state index contributed by atoms with van der Waals surface area (Å²) < 4.78 is 0. The first kappa shape index (κ1) is 8.40. The molecule has 0 saturated carbocycles. The Hall–Kier alpha value is -0.700. The Kier molecular flexibility index (Phi) is 3.23. The fourth-order valence-electron chi connectivity index (χ4n) is 0.807. The average molecular weight is 168 g/mol. The highest BCUT2D eigenvalue weighted by Gasteiger charge is 1.92. The number of nitrogens with two attached hydrogens (primary N) is 1. The number of hydrogen-bond donors (Lipinski definition) is 1. The average Bonchev–Trinajstić information content (AvgIpc) is 2.01. The summed E-state index contributed by atoms with van der Waals surface area (Å²) >= 11 is 1.87. The summed E-state index contributed by atoms with van der Waals surface area (Å²) in [7, 11) is 0. The van der Waals surface area contributed by atoms with E-state index < -0.39 is 0 Å². The molecule has 0 bridgehead atoms. The van der Waals surface area contributed by atoms with E-state index in [1.54, 1.807) is 6.20 Å². The van der Waals surface area contributed by atoms with E-state index in [0.717, 1.165) is 17.2 Å². The van der Waals surface area contributed by atoms with Crippen LogP contribution >= 0.6 is 11.8 Å². The lowest BCUT2D eigenvalue weighted by Gasteiger charge is -1.98. The van der Waals surface area contributed by atoms with Crippen molar-refractivity contribution in [2.24, 2.45) is 0 Å². The Labute approximate surface area is 71.2 Å². The molecule has 1 aromatic heterocycles. The van der Waals surface area contributed by atoms with Crippen LogP contribution in [-0.4, -0.2) is 10.7 Å². The first-order valence-corrected chi connectivity index (χ1v) is 4.75. The minimum absolute atomic E-state index is 0.749. The molecule has 0 atom stereocenters. The Morgan fingerprint density at radius 2 is 2.36 bits per heavy atom. The van der Waals surface area contributed by atoms with Crippen molar-refractivity contribution in [1.29, 1.82) is 0 Å². The van der Waals surface area contributed by atoms with Crippen molar-refractivity contribution in [3.05, 3.63) is 24.0 Å². The lowest BCUT2D eigenvalue weighted by molar-refractivity contribution is 1.25. The maximum atomic E-state index is 5.56. The van der Waals surface area contributed by atoms with Crippen molar-refractivity contribution >= 4 is 17.4 Å². The lowest BCUT2D eigenvalue weighted by atomic mass is 10.3. The highest BCUT2D eigenvalue weighted by molar-refractivity contribution is 7.98. The zero-order valence-corrected chi connectivity index (χ0v) is 7.40. The van der Waals surface area contributed by atoms with Crippen molar-refractivity contribution in [1.82, 2.24) is 4.98 Å². The highest BCUT2D eigenvalue weighted by atomic mass is 32.2. The number of aromatic nitrogens is 1. The number of hydrogen-bond acceptors (Lipinski definition) is 3. The highest BCUT2D eigenvalue weighted by Crippen LogP contribution is 2.12. The predicted octanol–water partition coefficient (Wildman–Crippen LogP) is 1.92. The van der Waals surface area contributed by atoms with Crippen LogP contribution in [0.5, 0.6) is 0 Å². The third-order valence-electron chi connectivity index (χ3n) is 1.29. The molecule has 1 rings (SSSR count). The van der Waals surface area contributed by atoms with Crippen LogP contribution in [0.1, 0.15) is 12.5 Å². The Morgan fingerprint density at radius 3 is 3.00 bits per heavy atom. The fraction of sp³-hybridized carbons (Fsp3) is 0.375. The summed E-state index contributed by atoms with van der Waals surface area (Å²) in [4.78, 5) is 4.00. The maximum absolute atomic E-state index is 5.56. The molecule has 2 N–H and O–H groups in total. The van der Waals surface area contributed by atoms with Crippen molar-refractivity contribution in [2.45, 2.75) is 12.7 Å². The van der Waals surface area contributed by atoms with E-state index >= 15 is 0 Å². The first-order chi connectivity index (χ1) is 5.33. The molecule has 0 aliphatic rings. The largest absolute Gasteiger partial charge is 0.397 e. The van der Waals surface area contributed by atoms with Crippen molar-refractivity contribution in [2.75, 3.05) is 11.5 Å². The number of pyridine rings is 1. The molecule has 1 heterocycles. The lowest BCUT2D eigenvalue weighted by Crippen LogP contribution is -1.89. The molecule has 60 valence electrons. The van der Waals surface area contributed by atoms with Gasteiger partial charge in [-0.25, -0.2) is 0 Å². The molecule has 0 aromatic carbocycles. The Balaban J connectivity index is 2.56. The van der Waals surface area contributed by atoms with Gasteiger partial charge in [0.2, 0.25) is 0 Å². The van der Waals surface area contributed by atoms with Crippen LogP contribution in [0.25, 0.3) is 0 Å². The quantitative estimate of drug-likeness (QED) is 0.749. The van der Waals surface area contributed by atoms with Gasteiger partial charge in [-0.1, -0.05) is 6.92 Å². The number of thioether (sulfide) groups is 1. The van der Waals surface area contributed by atoms with E-state index in [1.807, 2.05) is 24.0 Å². The molecule has 11 heavy (non-hydrogen) atoms. The van der Waals surface area contributed by atoms with Crippen molar-refractivity contribution < 1.29 is 0 Å². The summed E-state index contributed by atoms with van der Waals surface area (Å²) in [5.41, 5.74) is 7.51. The smallest absolute Gasteiger partial charge is 0.0503 e. The molecule has 0 unspecified atom stereocenters. The van der Waals surface area contributed by atoms with Gasteiger partial charge in [0.1, 0.15) is 0 Å². The van der Waals surface area contributed by atoms with Gasteiger partial charge in [0, 0.05) is 18.1 Å². The van der Waals surface area contributed by atoms with Gasteiger partial charge in [-0.05, 0) is 17.4 Å². The second-order valence-corrected chi connectivity index (χ2v) is 3.54. The fourth-order valence-corrected chi connectivity index (χ4v) is 1.40. The van der Waals surface area contributed by atoms with Crippen LogP contribution in [0.15, 0.2) is 18.5 Å². The molecule has 0 aliphatic carbocycles. The van der Waals surface area contributed by atoms with Gasteiger partial charge in [0.05, 0.1) is 5.69 Å². The van der Waals surface area contributed by atoms with Gasteiger partial charge >= 0.3 is 0 Å². The normalized spacial score (nSPS) is 9.91. The minimum Gasteiger partial charge on any atom is -0.397 e. The molecule has 0 saturated heterocycles. The molecule has 0 fully saturated rings. The molecular weight excluding hydrogens is 156 g/mol. The van der Waals surface area contributed by atoms with Crippen LogP contribution < -0.4 is 5.73 Å². The van der Waals surface area contributed by atoms with Gasteiger partial charge in [0.15, 0.2) is 0 Å². The molecule has 0 radical (unpaired) electrons. The molecule has 2 nitrogen and oxygen atoms in total. The Morgan fingerprint density at radius 1 is 1.55 bits per heavy atom. The van der Waals surface area contributed by atoms with Crippen molar-refractivity contribution in [3.8, 4) is 0 Å². The SMILES string of the molecule is CCSCc1cncc(N)c1. The molecule has 0 spiro atoms. The summed E-state index contributed by atoms with van der Waals surface area (Å²) in [6.07, 6.45) is 3.53. The summed E-state index contributed by atoms with van der Waals surface area (Å²) in [6.45, 7) is 2.14. The van der Waals surface area contributed by atoms with Gasteiger partial charge in [-0.3, -0.25) is 4.98 Å². The summed E-state index contributed by atoms with van der Waals surface area (Å²) in [5.74, 6) is 2.14. The number of nitrogen functional groups attached to an aromatic ring is 1. The van der Waals surface area contributed by atoms with Crippen LogP contribution in [0.4, 0.5) is 5.69 Å². The third-order valence-corrected chi connectivity index (χ3v) is 2.23. The first-order valence-electron chi connectivity index (χ1n) is 3.60. The van der Waals surface area contributed by atoms with E-state index in [9.17, 15) is 0 Å². The van der Waals surface area contributed by atoms with Crippen LogP contribution in [0.2, 0.25) is 0 Å². The monoisotopic (exact) mass is 168 g/mol. The molecular formula is C8H12N2S. The zero-order valence-electron chi connectivity index (χ0n) is 6.58. The number of anilines is 1. The standard InChI is InChI=1S/C8H12N2S/c1-2-11-6-7-3-8(9)5-10-4-7/h3-5H,2,6,9H2,1H3. The third kappa shape index (κ3) is 2.80. The molecule has 0 aliphatic heterocycles. The van der Waals surface area contributed by atoms with E-state index in [0.29, 0.717) is 0 Å². The number of nitrogens with zero attached hydrogens (tertiary/aromatic N) is 1. The van der Waals surface area contributed by atoms with E-state index in [1.165, 1.54) is 5.56 Å². The maximum Gasteiger partial charge on any atom is 0.0503 e. The van der Waals surface area contributed by atoms with Crippen LogP contribution in [0.3, 0.4) is 0 Å². The molecule has 1 aromatic rings. The zero-order chi connectivity index (χ0) is 8.10. The predicted molar refractivity (Wildman–Crippen MR) is 50.5 cm³/mol. The van der Waals surface area contributed by atoms with Gasteiger partial charge in [0.25, 0.3) is 0 Å². The summed E-state index contributed by atoms with van der Waals surface area (Å²) in [5, 5.41) is 0. The second-order valence-electron chi connectivity index (χ2n) is 2.26. The summed E-state index contributed by atoms with van der Waals surface area (Å²) in [6, 6.07) is 1.97. The molecule has 0 amide bonds. The van der Waals surface area contributed by atoms with E-state index in [-0.39, 0.29) is 0 Å². The van der Waals surface area contributed by atoms with E-state index in [2.05, 4.69) is 11.9 Å². The molecule has 3 heteroatoms. The Bertz CT molecular complexity index is 225. The van der Waals surface area contributed by atoms with E-state index in [4.69, 9.17) is 5.73 Å². The topological polar surface area (TPSA) is 38.9 Å². The van der Waals surface area contributed by atoms with Crippen LogP contribution in [0, 0.1) is 0 Å². The number of rotatable bonds is 3. The van der Waals surface area contributed by atoms with Gasteiger partial charge < -0.3 is 5.73 Å². The van der Waals surface area contributed by atoms with Crippen LogP contribution in [-0.2, 0) is 5.75 Å². The van der Waals surface area contributed by atoms with Gasteiger partial charge in [-0.15, -0.1) is 0 Å². The second kappa shape index (κ2) is 4.23.